The third-order valence-electron chi connectivity index (χ3n) is 2.67. The van der Waals surface area contributed by atoms with Crippen LogP contribution in [0.25, 0.3) is 16.9 Å². The predicted octanol–water partition coefficient (Wildman–Crippen LogP) is 1.38. The Bertz CT molecular complexity index is 689. The first-order chi connectivity index (χ1) is 8.79. The van der Waals surface area contributed by atoms with Crippen LogP contribution in [0.1, 0.15) is 0 Å². The molecule has 90 valence electrons. The van der Waals surface area contributed by atoms with E-state index in [9.17, 15) is 0 Å². The van der Waals surface area contributed by atoms with Gasteiger partial charge in [-0.05, 0) is 12.1 Å². The molecular weight excluding hydrogens is 230 g/mol. The topological polar surface area (TPSA) is 78.3 Å². The van der Waals surface area contributed by atoms with Crippen molar-refractivity contribution in [2.45, 2.75) is 0 Å². The highest BCUT2D eigenvalue weighted by molar-refractivity contribution is 5.65. The van der Waals surface area contributed by atoms with Crippen molar-refractivity contribution in [1.29, 1.82) is 0 Å². The van der Waals surface area contributed by atoms with Gasteiger partial charge < -0.3 is 10.5 Å². The Morgan fingerprint density at radius 1 is 1.17 bits per heavy atom. The third-order valence-corrected chi connectivity index (χ3v) is 2.67. The molecule has 3 heterocycles. The van der Waals surface area contributed by atoms with E-state index in [-0.39, 0.29) is 0 Å². The number of aromatic nitrogens is 4. The van der Waals surface area contributed by atoms with Gasteiger partial charge in [-0.1, -0.05) is 0 Å². The van der Waals surface area contributed by atoms with Gasteiger partial charge >= 0.3 is 0 Å². The summed E-state index contributed by atoms with van der Waals surface area (Å²) in [5, 5.41) is 0. The van der Waals surface area contributed by atoms with Crippen molar-refractivity contribution in [1.82, 2.24) is 19.4 Å². The summed E-state index contributed by atoms with van der Waals surface area (Å²) in [6.07, 6.45) is 6.97. The lowest BCUT2D eigenvalue weighted by molar-refractivity contribution is 0.400. The summed E-state index contributed by atoms with van der Waals surface area (Å²) in [6, 6.07) is 3.66. The second-order valence-corrected chi connectivity index (χ2v) is 3.75. The zero-order chi connectivity index (χ0) is 12.5. The molecule has 0 atom stereocenters. The number of fused-ring (bicyclic) bond motifs is 1. The maximum absolute atomic E-state index is 5.57. The molecule has 0 aromatic carbocycles. The van der Waals surface area contributed by atoms with Gasteiger partial charge in [0.1, 0.15) is 5.82 Å². The second-order valence-electron chi connectivity index (χ2n) is 3.75. The van der Waals surface area contributed by atoms with Crippen LogP contribution in [0.2, 0.25) is 0 Å². The number of rotatable bonds is 2. The molecule has 0 aliphatic carbocycles. The molecule has 0 bridgehead atoms. The Kier molecular flexibility index (Phi) is 2.33. The van der Waals surface area contributed by atoms with Gasteiger partial charge in [-0.15, -0.1) is 0 Å². The average Bonchev–Trinajstić information content (AvgIpc) is 2.83. The van der Waals surface area contributed by atoms with Gasteiger partial charge in [0.05, 0.1) is 19.0 Å². The minimum absolute atomic E-state index is 0.492. The lowest BCUT2D eigenvalue weighted by Crippen LogP contribution is -1.95. The maximum Gasteiger partial charge on any atom is 0.258 e. The molecule has 6 nitrogen and oxygen atoms in total. The number of nitrogens with zero attached hydrogens (tertiary/aromatic N) is 4. The first-order valence-electron chi connectivity index (χ1n) is 5.37. The summed E-state index contributed by atoms with van der Waals surface area (Å²) < 4.78 is 7.07. The predicted molar refractivity (Wildman–Crippen MR) is 67.2 cm³/mol. The van der Waals surface area contributed by atoms with E-state index >= 15 is 0 Å². The number of hydrogen-bond donors (Lipinski definition) is 1. The van der Waals surface area contributed by atoms with Crippen LogP contribution < -0.4 is 10.5 Å². The monoisotopic (exact) mass is 241 g/mol. The fraction of sp³-hybridized carbons (Fsp3) is 0.0833. The molecule has 0 radical (unpaired) electrons. The first kappa shape index (κ1) is 10.5. The number of imidazole rings is 1. The van der Waals surface area contributed by atoms with Crippen LogP contribution in [0.15, 0.2) is 36.9 Å². The highest BCUT2D eigenvalue weighted by atomic mass is 16.5. The Morgan fingerprint density at radius 2 is 2.06 bits per heavy atom. The van der Waals surface area contributed by atoms with Gasteiger partial charge in [0.15, 0.2) is 0 Å². The molecule has 0 fully saturated rings. The molecule has 0 spiro atoms. The van der Waals surface area contributed by atoms with Gasteiger partial charge in [0.2, 0.25) is 5.65 Å². The van der Waals surface area contributed by atoms with Crippen molar-refractivity contribution in [3.05, 3.63) is 36.9 Å². The first-order valence-corrected chi connectivity index (χ1v) is 5.37. The quantitative estimate of drug-likeness (QED) is 0.733. The van der Waals surface area contributed by atoms with Crippen molar-refractivity contribution < 1.29 is 4.74 Å². The number of ether oxygens (including phenoxy) is 1. The van der Waals surface area contributed by atoms with Gasteiger partial charge in [-0.3, -0.25) is 4.40 Å². The molecule has 18 heavy (non-hydrogen) atoms. The number of hydrogen-bond acceptors (Lipinski definition) is 5. The fourth-order valence-electron chi connectivity index (χ4n) is 1.81. The molecule has 2 N–H and O–H groups in total. The van der Waals surface area contributed by atoms with Crippen molar-refractivity contribution >= 4 is 11.5 Å². The Hall–Kier alpha value is -2.63. The molecule has 0 saturated heterocycles. The van der Waals surface area contributed by atoms with Crippen molar-refractivity contribution in [2.75, 3.05) is 12.8 Å². The number of nitrogens with two attached hydrogens (primary N) is 1. The Balaban J connectivity index is 2.21. The van der Waals surface area contributed by atoms with Crippen LogP contribution in [-0.4, -0.2) is 26.5 Å². The number of nitrogen functional groups attached to an aromatic ring is 1. The number of methoxy groups -OCH3 is 1. The molecule has 0 aliphatic heterocycles. The van der Waals surface area contributed by atoms with E-state index in [0.717, 1.165) is 11.3 Å². The molecule has 3 aromatic rings. The number of anilines is 1. The molecular formula is C12H11N5O. The van der Waals surface area contributed by atoms with Crippen LogP contribution in [0.4, 0.5) is 5.82 Å². The molecule has 3 aromatic heterocycles. The van der Waals surface area contributed by atoms with Gasteiger partial charge in [0.25, 0.3) is 5.88 Å². The second kappa shape index (κ2) is 3.99. The van der Waals surface area contributed by atoms with Crippen molar-refractivity contribution in [2.24, 2.45) is 0 Å². The summed E-state index contributed by atoms with van der Waals surface area (Å²) in [5.41, 5.74) is 8.10. The van der Waals surface area contributed by atoms with E-state index in [0.29, 0.717) is 17.3 Å². The standard InChI is InChI=1S/C12H11N5O/c1-18-12-11-16-7-9(17(11)5-4-14-12)8-2-3-10(13)15-6-8/h2-7H,1H3,(H2,13,15). The summed E-state index contributed by atoms with van der Waals surface area (Å²) >= 11 is 0. The van der Waals surface area contributed by atoms with E-state index in [1.165, 1.54) is 0 Å². The summed E-state index contributed by atoms with van der Waals surface area (Å²) in [7, 11) is 1.57. The van der Waals surface area contributed by atoms with Crippen LogP contribution in [0, 0.1) is 0 Å². The molecule has 3 rings (SSSR count). The summed E-state index contributed by atoms with van der Waals surface area (Å²) in [6.45, 7) is 0. The highest BCUT2D eigenvalue weighted by Gasteiger charge is 2.10. The SMILES string of the molecule is COc1nccn2c(-c3ccc(N)nc3)cnc12. The van der Waals surface area contributed by atoms with Gasteiger partial charge in [-0.25, -0.2) is 15.0 Å². The van der Waals surface area contributed by atoms with Crippen LogP contribution >= 0.6 is 0 Å². The minimum atomic E-state index is 0.492. The Morgan fingerprint density at radius 3 is 2.78 bits per heavy atom. The maximum atomic E-state index is 5.57. The van der Waals surface area contributed by atoms with Crippen LogP contribution in [0.5, 0.6) is 5.88 Å². The molecule has 6 heteroatoms. The zero-order valence-electron chi connectivity index (χ0n) is 9.74. The normalized spacial score (nSPS) is 10.7. The van der Waals surface area contributed by atoms with E-state index in [1.54, 1.807) is 31.8 Å². The molecule has 0 aliphatic rings. The minimum Gasteiger partial charge on any atom is -0.478 e. The molecule has 0 amide bonds. The Labute approximate surface area is 103 Å². The van der Waals surface area contributed by atoms with E-state index in [1.807, 2.05) is 16.7 Å². The largest absolute Gasteiger partial charge is 0.478 e. The third kappa shape index (κ3) is 1.55. The van der Waals surface area contributed by atoms with Crippen molar-refractivity contribution in [3.8, 4) is 17.1 Å². The highest BCUT2D eigenvalue weighted by Crippen LogP contribution is 2.23. The smallest absolute Gasteiger partial charge is 0.258 e. The lowest BCUT2D eigenvalue weighted by atomic mass is 10.2. The molecule has 0 unspecified atom stereocenters. The molecule has 0 saturated carbocycles. The summed E-state index contributed by atoms with van der Waals surface area (Å²) in [4.78, 5) is 12.5. The van der Waals surface area contributed by atoms with Crippen LogP contribution in [0.3, 0.4) is 0 Å². The van der Waals surface area contributed by atoms with E-state index in [2.05, 4.69) is 15.0 Å². The van der Waals surface area contributed by atoms with Crippen molar-refractivity contribution in [3.63, 3.8) is 0 Å². The van der Waals surface area contributed by atoms with Gasteiger partial charge in [-0.2, -0.15) is 0 Å². The van der Waals surface area contributed by atoms with E-state index < -0.39 is 0 Å². The average molecular weight is 241 g/mol. The lowest BCUT2D eigenvalue weighted by Gasteiger charge is -2.03. The van der Waals surface area contributed by atoms with Crippen LogP contribution in [-0.2, 0) is 0 Å². The number of pyridine rings is 1. The fourth-order valence-corrected chi connectivity index (χ4v) is 1.81. The van der Waals surface area contributed by atoms with Gasteiger partial charge in [0, 0.05) is 24.2 Å². The van der Waals surface area contributed by atoms with E-state index in [4.69, 9.17) is 10.5 Å². The zero-order valence-corrected chi connectivity index (χ0v) is 9.74. The summed E-state index contributed by atoms with van der Waals surface area (Å²) in [5.74, 6) is 0.985.